The summed E-state index contributed by atoms with van der Waals surface area (Å²) in [5.41, 5.74) is 0. The van der Waals surface area contributed by atoms with Crippen LogP contribution < -0.4 is 16.0 Å². The Morgan fingerprint density at radius 3 is 1.34 bits per heavy atom. The van der Waals surface area contributed by atoms with Crippen LogP contribution in [0.1, 0.15) is 155 Å². The van der Waals surface area contributed by atoms with Crippen molar-refractivity contribution in [1.82, 2.24) is 16.0 Å². The van der Waals surface area contributed by atoms with Crippen molar-refractivity contribution in [3.63, 3.8) is 0 Å². The van der Waals surface area contributed by atoms with Crippen molar-refractivity contribution in [3.8, 4) is 0 Å². The third-order valence-corrected chi connectivity index (χ3v) is 8.84. The third-order valence-electron chi connectivity index (χ3n) is 8.84. The molecule has 188 valence electrons. The fraction of sp³-hybridized carbons (Fsp3) is 1.00. The first-order valence-electron chi connectivity index (χ1n) is 15.0. The van der Waals surface area contributed by atoms with Crippen molar-refractivity contribution in [2.24, 2.45) is 5.92 Å². The second-order valence-corrected chi connectivity index (χ2v) is 11.7. The molecule has 0 aromatic heterocycles. The van der Waals surface area contributed by atoms with Crippen molar-refractivity contribution in [2.75, 3.05) is 0 Å². The molecule has 0 aromatic carbocycles. The molecule has 0 bridgehead atoms. The van der Waals surface area contributed by atoms with Crippen LogP contribution in [-0.4, -0.2) is 23.9 Å². The van der Waals surface area contributed by atoms with Gasteiger partial charge in [-0.3, -0.25) is 16.0 Å². The van der Waals surface area contributed by atoms with Gasteiger partial charge in [-0.15, -0.1) is 0 Å². The summed E-state index contributed by atoms with van der Waals surface area (Å²) in [4.78, 5) is 0. The molecule has 3 N–H and O–H groups in total. The van der Waals surface area contributed by atoms with Gasteiger partial charge in [0.15, 0.2) is 0 Å². The molecule has 3 aliphatic carbocycles. The Balaban J connectivity index is 1.69. The first-order valence-corrected chi connectivity index (χ1v) is 15.0. The van der Waals surface area contributed by atoms with Gasteiger partial charge in [-0.1, -0.05) is 110 Å². The van der Waals surface area contributed by atoms with E-state index in [4.69, 9.17) is 0 Å². The Kier molecular flexibility index (Phi) is 12.4. The second kappa shape index (κ2) is 15.0. The molecular formula is C29H57N3. The summed E-state index contributed by atoms with van der Waals surface area (Å²) in [6, 6.07) is 2.05. The smallest absolute Gasteiger partial charge is 0.126 e. The van der Waals surface area contributed by atoms with E-state index in [1.807, 2.05) is 0 Å². The quantitative estimate of drug-likeness (QED) is 0.188. The highest BCUT2D eigenvalue weighted by Gasteiger charge is 2.41. The van der Waals surface area contributed by atoms with Crippen molar-refractivity contribution >= 4 is 0 Å². The monoisotopic (exact) mass is 447 g/mol. The van der Waals surface area contributed by atoms with Crippen molar-refractivity contribution in [1.29, 1.82) is 0 Å². The Morgan fingerprint density at radius 2 is 0.938 bits per heavy atom. The molecule has 0 heterocycles. The minimum absolute atomic E-state index is 0.0740. The third kappa shape index (κ3) is 8.91. The van der Waals surface area contributed by atoms with E-state index in [0.717, 1.165) is 0 Å². The molecule has 3 aliphatic rings. The topological polar surface area (TPSA) is 36.1 Å². The van der Waals surface area contributed by atoms with Crippen LogP contribution in [0.2, 0.25) is 0 Å². The molecule has 3 heteroatoms. The van der Waals surface area contributed by atoms with Crippen LogP contribution in [0.3, 0.4) is 0 Å². The van der Waals surface area contributed by atoms with Gasteiger partial charge >= 0.3 is 0 Å². The minimum atomic E-state index is -0.0740. The SMILES string of the molecule is CCCCCCCCC(C)C(NC1CCCCC1)(NC1CCCCC1)NC1CCCCC1. The summed E-state index contributed by atoms with van der Waals surface area (Å²) < 4.78 is 0. The molecule has 3 rings (SSSR count). The molecule has 0 saturated heterocycles. The van der Waals surface area contributed by atoms with Gasteiger partial charge in [-0.05, 0) is 44.9 Å². The molecule has 3 fully saturated rings. The van der Waals surface area contributed by atoms with E-state index in [0.29, 0.717) is 24.0 Å². The first kappa shape index (κ1) is 26.5. The predicted molar refractivity (Wildman–Crippen MR) is 140 cm³/mol. The van der Waals surface area contributed by atoms with E-state index in [1.54, 1.807) is 0 Å². The number of rotatable bonds is 14. The first-order chi connectivity index (χ1) is 15.7. The molecule has 3 nitrogen and oxygen atoms in total. The Bertz CT molecular complexity index is 411. The van der Waals surface area contributed by atoms with Gasteiger partial charge in [0.25, 0.3) is 0 Å². The number of hydrogen-bond acceptors (Lipinski definition) is 3. The summed E-state index contributed by atoms with van der Waals surface area (Å²) in [7, 11) is 0. The molecule has 0 spiro atoms. The summed E-state index contributed by atoms with van der Waals surface area (Å²) in [5, 5.41) is 12.9. The van der Waals surface area contributed by atoms with Crippen molar-refractivity contribution in [3.05, 3.63) is 0 Å². The van der Waals surface area contributed by atoms with Gasteiger partial charge in [0.1, 0.15) is 5.79 Å². The van der Waals surface area contributed by atoms with Gasteiger partial charge in [0.05, 0.1) is 0 Å². The Morgan fingerprint density at radius 1 is 0.562 bits per heavy atom. The molecule has 1 unspecified atom stereocenters. The molecule has 0 aliphatic heterocycles. The molecule has 0 radical (unpaired) electrons. The summed E-state index contributed by atoms with van der Waals surface area (Å²) in [6.07, 6.45) is 30.7. The average Bonchev–Trinajstić information content (AvgIpc) is 2.83. The second-order valence-electron chi connectivity index (χ2n) is 11.7. The fourth-order valence-electron chi connectivity index (χ4n) is 6.71. The average molecular weight is 448 g/mol. The van der Waals surface area contributed by atoms with Crippen LogP contribution in [0.5, 0.6) is 0 Å². The van der Waals surface area contributed by atoms with Crippen LogP contribution in [0, 0.1) is 5.92 Å². The van der Waals surface area contributed by atoms with Crippen LogP contribution in [0.15, 0.2) is 0 Å². The van der Waals surface area contributed by atoms with E-state index in [9.17, 15) is 0 Å². The maximum Gasteiger partial charge on any atom is 0.126 e. The molecule has 3 saturated carbocycles. The van der Waals surface area contributed by atoms with E-state index >= 15 is 0 Å². The van der Waals surface area contributed by atoms with E-state index < -0.39 is 0 Å². The van der Waals surface area contributed by atoms with Crippen LogP contribution in [-0.2, 0) is 0 Å². The highest BCUT2D eigenvalue weighted by molar-refractivity contribution is 4.97. The summed E-state index contributed by atoms with van der Waals surface area (Å²) >= 11 is 0. The van der Waals surface area contributed by atoms with E-state index in [2.05, 4.69) is 29.8 Å². The maximum absolute atomic E-state index is 4.30. The molecule has 1 atom stereocenters. The van der Waals surface area contributed by atoms with Gasteiger partial charge in [0.2, 0.25) is 0 Å². The minimum Gasteiger partial charge on any atom is -0.284 e. The lowest BCUT2D eigenvalue weighted by Gasteiger charge is -2.50. The lowest BCUT2D eigenvalue weighted by atomic mass is 9.86. The maximum atomic E-state index is 4.30. The zero-order valence-corrected chi connectivity index (χ0v) is 21.9. The van der Waals surface area contributed by atoms with Gasteiger partial charge in [0, 0.05) is 24.0 Å². The van der Waals surface area contributed by atoms with E-state index in [-0.39, 0.29) is 5.79 Å². The zero-order valence-electron chi connectivity index (χ0n) is 21.9. The normalized spacial score (nSPS) is 23.4. The molecule has 0 amide bonds. The fourth-order valence-corrected chi connectivity index (χ4v) is 6.71. The van der Waals surface area contributed by atoms with Gasteiger partial charge < -0.3 is 0 Å². The largest absolute Gasteiger partial charge is 0.284 e. The lowest BCUT2D eigenvalue weighted by Crippen LogP contribution is -2.75. The standard InChI is InChI=1S/C29H57N3/c1-3-4-5-6-7-11-18-25(2)29(30-26-19-12-8-13-20-26,31-27-21-14-9-15-22-27)32-28-23-16-10-17-24-28/h25-28,30-32H,3-24H2,1-2H3. The molecular weight excluding hydrogens is 390 g/mol. The highest BCUT2D eigenvalue weighted by atomic mass is 15.4. The van der Waals surface area contributed by atoms with Crippen molar-refractivity contribution in [2.45, 2.75) is 179 Å². The van der Waals surface area contributed by atoms with E-state index in [1.165, 1.54) is 141 Å². The van der Waals surface area contributed by atoms with Gasteiger partial charge in [-0.2, -0.15) is 0 Å². The molecule has 0 aromatic rings. The predicted octanol–water partition coefficient (Wildman–Crippen LogP) is 7.79. The lowest BCUT2D eigenvalue weighted by molar-refractivity contribution is 0.0492. The summed E-state index contributed by atoms with van der Waals surface area (Å²) in [5.74, 6) is 0.551. The van der Waals surface area contributed by atoms with Crippen molar-refractivity contribution < 1.29 is 0 Å². The highest BCUT2D eigenvalue weighted by Crippen LogP contribution is 2.30. The van der Waals surface area contributed by atoms with Crippen LogP contribution in [0.25, 0.3) is 0 Å². The molecule has 32 heavy (non-hydrogen) atoms. The summed E-state index contributed by atoms with van der Waals surface area (Å²) in [6.45, 7) is 4.87. The van der Waals surface area contributed by atoms with Crippen LogP contribution in [0.4, 0.5) is 0 Å². The number of hydrogen-bond donors (Lipinski definition) is 3. The number of nitrogens with one attached hydrogen (secondary N) is 3. The Hall–Kier alpha value is -0.120. The zero-order chi connectivity index (χ0) is 22.5. The Labute approximate surface area is 201 Å². The van der Waals surface area contributed by atoms with Gasteiger partial charge in [-0.25, -0.2) is 0 Å². The number of unbranched alkanes of at least 4 members (excludes halogenated alkanes) is 5. The van der Waals surface area contributed by atoms with Crippen LogP contribution >= 0.6 is 0 Å².